The summed E-state index contributed by atoms with van der Waals surface area (Å²) in [5, 5.41) is 3.15. The van der Waals surface area contributed by atoms with Crippen LogP contribution in [0.1, 0.15) is 19.4 Å². The average Bonchev–Trinajstić information content (AvgIpc) is 3.20. The predicted octanol–water partition coefficient (Wildman–Crippen LogP) is 0.186. The van der Waals surface area contributed by atoms with Gasteiger partial charge in [0.25, 0.3) is 0 Å². The number of hydrogen-bond donors (Lipinski definition) is 1. The molecule has 1 aromatic rings. The van der Waals surface area contributed by atoms with Gasteiger partial charge in [-0.1, -0.05) is 30.3 Å². The zero-order valence-corrected chi connectivity index (χ0v) is 18.3. The van der Waals surface area contributed by atoms with Gasteiger partial charge in [-0.05, 0) is 19.4 Å². The number of amides is 3. The number of likely N-dealkylation sites (tertiary alicyclic amines) is 1. The number of methoxy groups -OCH3 is 2. The van der Waals surface area contributed by atoms with Gasteiger partial charge < -0.3 is 14.4 Å². The van der Waals surface area contributed by atoms with Crippen molar-refractivity contribution in [1.29, 1.82) is 0 Å². The molecule has 9 heteroatoms. The van der Waals surface area contributed by atoms with Gasteiger partial charge in [-0.25, -0.2) is 0 Å². The third-order valence-corrected chi connectivity index (χ3v) is 6.20. The molecule has 0 bridgehead atoms. The molecule has 3 rings (SSSR count). The van der Waals surface area contributed by atoms with Gasteiger partial charge in [0, 0.05) is 26.2 Å². The van der Waals surface area contributed by atoms with Crippen molar-refractivity contribution < 1.29 is 28.7 Å². The molecular formula is C22H29N3O6. The monoisotopic (exact) mass is 431 g/mol. The van der Waals surface area contributed by atoms with Gasteiger partial charge >= 0.3 is 5.97 Å². The Kier molecular flexibility index (Phi) is 6.76. The minimum atomic E-state index is -1.37. The molecule has 168 valence electrons. The average molecular weight is 431 g/mol. The van der Waals surface area contributed by atoms with E-state index in [1.807, 2.05) is 37.3 Å². The molecule has 3 amide bonds. The molecular weight excluding hydrogens is 402 g/mol. The van der Waals surface area contributed by atoms with E-state index in [-0.39, 0.29) is 31.5 Å². The van der Waals surface area contributed by atoms with E-state index in [1.54, 1.807) is 11.8 Å². The third kappa shape index (κ3) is 4.07. The van der Waals surface area contributed by atoms with Crippen molar-refractivity contribution in [2.45, 2.75) is 32.0 Å². The quantitative estimate of drug-likeness (QED) is 0.463. The molecule has 1 N–H and O–H groups in total. The summed E-state index contributed by atoms with van der Waals surface area (Å²) < 4.78 is 9.90. The second kappa shape index (κ2) is 9.15. The highest BCUT2D eigenvalue weighted by Gasteiger charge is 2.66. The van der Waals surface area contributed by atoms with Gasteiger partial charge in [-0.15, -0.1) is 0 Å². The van der Waals surface area contributed by atoms with Gasteiger partial charge in [-0.3, -0.25) is 29.4 Å². The van der Waals surface area contributed by atoms with Crippen molar-refractivity contribution in [1.82, 2.24) is 15.1 Å². The molecule has 9 nitrogen and oxygen atoms in total. The van der Waals surface area contributed by atoms with E-state index in [1.165, 1.54) is 19.1 Å². The van der Waals surface area contributed by atoms with Crippen LogP contribution in [0.3, 0.4) is 0 Å². The lowest BCUT2D eigenvalue weighted by molar-refractivity contribution is -0.153. The standard InChI is InChI=1S/C22H29N3O6/c1-5-24(16(26)13-30-3)12-15-17-18(22(2,23-15)21(29)31-4)20(28)25(19(17)27)11-14-9-7-6-8-10-14/h6-10,15,17-18,23H,5,11-13H2,1-4H3/t15-,17+,18-,22-/m1/s1. The van der Waals surface area contributed by atoms with Gasteiger partial charge in [0.1, 0.15) is 12.1 Å². The number of benzene rings is 1. The number of nitrogens with zero attached hydrogens (tertiary/aromatic N) is 2. The second-order valence-electron chi connectivity index (χ2n) is 8.06. The number of ether oxygens (including phenoxy) is 2. The number of imide groups is 1. The summed E-state index contributed by atoms with van der Waals surface area (Å²) in [6.07, 6.45) is 0. The number of rotatable bonds is 8. The molecule has 0 radical (unpaired) electrons. The molecule has 4 atom stereocenters. The predicted molar refractivity (Wildman–Crippen MR) is 110 cm³/mol. The summed E-state index contributed by atoms with van der Waals surface area (Å²) in [7, 11) is 2.69. The molecule has 1 aromatic carbocycles. The molecule has 0 unspecified atom stereocenters. The smallest absolute Gasteiger partial charge is 0.326 e. The van der Waals surface area contributed by atoms with Crippen LogP contribution in [0.4, 0.5) is 0 Å². The third-order valence-electron chi connectivity index (χ3n) is 6.20. The molecule has 2 aliphatic rings. The molecule has 0 aromatic heterocycles. The highest BCUT2D eigenvalue weighted by atomic mass is 16.5. The van der Waals surface area contributed by atoms with Crippen LogP contribution < -0.4 is 5.32 Å². The fraction of sp³-hybridized carbons (Fsp3) is 0.545. The van der Waals surface area contributed by atoms with E-state index in [0.717, 1.165) is 5.56 Å². The maximum atomic E-state index is 13.4. The first kappa shape index (κ1) is 22.9. The lowest BCUT2D eigenvalue weighted by Crippen LogP contribution is -2.56. The number of hydrogen-bond acceptors (Lipinski definition) is 7. The Labute approximate surface area is 181 Å². The van der Waals surface area contributed by atoms with E-state index < -0.39 is 35.3 Å². The van der Waals surface area contributed by atoms with Crippen LogP contribution in [0.15, 0.2) is 30.3 Å². The van der Waals surface area contributed by atoms with Crippen LogP contribution in [-0.2, 0) is 35.2 Å². The fourth-order valence-electron chi connectivity index (χ4n) is 4.67. The first-order valence-electron chi connectivity index (χ1n) is 10.3. The van der Waals surface area contributed by atoms with E-state index in [0.29, 0.717) is 6.54 Å². The number of nitrogens with one attached hydrogen (secondary N) is 1. The highest BCUT2D eigenvalue weighted by molar-refractivity contribution is 6.09. The van der Waals surface area contributed by atoms with Crippen molar-refractivity contribution in [3.8, 4) is 0 Å². The number of likely N-dealkylation sites (N-methyl/N-ethyl adjacent to an activating group) is 1. The largest absolute Gasteiger partial charge is 0.468 e. The normalized spacial score (nSPS) is 27.4. The zero-order valence-electron chi connectivity index (χ0n) is 18.3. The topological polar surface area (TPSA) is 105 Å². The van der Waals surface area contributed by atoms with Crippen LogP contribution >= 0.6 is 0 Å². The van der Waals surface area contributed by atoms with Crippen molar-refractivity contribution in [3.05, 3.63) is 35.9 Å². The summed E-state index contributed by atoms with van der Waals surface area (Å²) in [4.78, 5) is 54.5. The Morgan fingerprint density at radius 1 is 1.16 bits per heavy atom. The number of carbonyl (C=O) groups is 4. The first-order valence-corrected chi connectivity index (χ1v) is 10.3. The van der Waals surface area contributed by atoms with E-state index in [9.17, 15) is 19.2 Å². The highest BCUT2D eigenvalue weighted by Crippen LogP contribution is 2.44. The minimum Gasteiger partial charge on any atom is -0.468 e. The van der Waals surface area contributed by atoms with Gasteiger partial charge in [-0.2, -0.15) is 0 Å². The summed E-state index contributed by atoms with van der Waals surface area (Å²) in [6, 6.07) is 8.64. The van der Waals surface area contributed by atoms with E-state index in [4.69, 9.17) is 9.47 Å². The molecule has 31 heavy (non-hydrogen) atoms. The molecule has 2 aliphatic heterocycles. The number of esters is 1. The van der Waals surface area contributed by atoms with Crippen molar-refractivity contribution >= 4 is 23.7 Å². The molecule has 2 fully saturated rings. The maximum Gasteiger partial charge on any atom is 0.326 e. The van der Waals surface area contributed by atoms with Gasteiger partial charge in [0.15, 0.2) is 0 Å². The van der Waals surface area contributed by atoms with Crippen molar-refractivity contribution in [2.24, 2.45) is 11.8 Å². The molecule has 0 spiro atoms. The summed E-state index contributed by atoms with van der Waals surface area (Å²) in [5.74, 6) is -3.28. The summed E-state index contributed by atoms with van der Waals surface area (Å²) in [6.45, 7) is 4.03. The van der Waals surface area contributed by atoms with Gasteiger partial charge in [0.2, 0.25) is 17.7 Å². The zero-order chi connectivity index (χ0) is 22.8. The number of carbonyl (C=O) groups excluding carboxylic acids is 4. The minimum absolute atomic E-state index is 0.0874. The van der Waals surface area contributed by atoms with Crippen LogP contribution in [0, 0.1) is 11.8 Å². The second-order valence-corrected chi connectivity index (χ2v) is 8.06. The fourth-order valence-corrected chi connectivity index (χ4v) is 4.67. The van der Waals surface area contributed by atoms with Gasteiger partial charge in [0.05, 0.1) is 25.5 Å². The Balaban J connectivity index is 1.92. The maximum absolute atomic E-state index is 13.4. The Hall–Kier alpha value is -2.78. The summed E-state index contributed by atoms with van der Waals surface area (Å²) >= 11 is 0. The van der Waals surface area contributed by atoms with Crippen LogP contribution in [0.25, 0.3) is 0 Å². The summed E-state index contributed by atoms with van der Waals surface area (Å²) in [5.41, 5.74) is -0.551. The molecule has 0 aliphatic carbocycles. The lowest BCUT2D eigenvalue weighted by Gasteiger charge is -2.30. The molecule has 0 saturated carbocycles. The van der Waals surface area contributed by atoms with Crippen LogP contribution in [0.2, 0.25) is 0 Å². The van der Waals surface area contributed by atoms with E-state index in [2.05, 4.69) is 5.32 Å². The first-order chi connectivity index (χ1) is 14.8. The van der Waals surface area contributed by atoms with Crippen LogP contribution in [-0.4, -0.2) is 79.0 Å². The van der Waals surface area contributed by atoms with Crippen molar-refractivity contribution in [2.75, 3.05) is 33.9 Å². The molecule has 2 saturated heterocycles. The molecule has 2 heterocycles. The SMILES string of the molecule is CCN(C[C@H]1N[C@@](C)(C(=O)OC)[C@H]2C(=O)N(Cc3ccccc3)C(=O)[C@@H]12)C(=O)COC. The van der Waals surface area contributed by atoms with Crippen LogP contribution in [0.5, 0.6) is 0 Å². The lowest BCUT2D eigenvalue weighted by atomic mass is 9.81. The Morgan fingerprint density at radius 2 is 1.84 bits per heavy atom. The number of fused-ring (bicyclic) bond motifs is 1. The van der Waals surface area contributed by atoms with Crippen molar-refractivity contribution in [3.63, 3.8) is 0 Å². The Bertz CT molecular complexity index is 860. The van der Waals surface area contributed by atoms with E-state index >= 15 is 0 Å². The Morgan fingerprint density at radius 3 is 2.42 bits per heavy atom.